The molecular formula is C18H27FN4S. The van der Waals surface area contributed by atoms with Crippen LogP contribution in [0.1, 0.15) is 26.3 Å². The van der Waals surface area contributed by atoms with Crippen LogP contribution in [0.5, 0.6) is 0 Å². The number of thioether (sulfide) groups is 1. The Bertz CT molecular complexity index is 693. The highest BCUT2D eigenvalue weighted by Gasteiger charge is 2.15. The van der Waals surface area contributed by atoms with Crippen LogP contribution in [0.15, 0.2) is 29.4 Å². The van der Waals surface area contributed by atoms with Crippen LogP contribution in [0, 0.1) is 5.82 Å². The summed E-state index contributed by atoms with van der Waals surface area (Å²) in [6.07, 6.45) is 4.91. The van der Waals surface area contributed by atoms with Gasteiger partial charge in [0.1, 0.15) is 5.82 Å². The lowest BCUT2D eigenvalue weighted by Crippen LogP contribution is -2.39. The highest BCUT2D eigenvalue weighted by molar-refractivity contribution is 7.99. The van der Waals surface area contributed by atoms with E-state index in [0.29, 0.717) is 0 Å². The fourth-order valence-corrected chi connectivity index (χ4v) is 2.55. The number of aliphatic imine (C=N–C) groups is 1. The number of guanidine groups is 1. The number of benzene rings is 1. The molecule has 0 amide bonds. The van der Waals surface area contributed by atoms with E-state index in [1.54, 1.807) is 0 Å². The third-order valence-electron chi connectivity index (χ3n) is 3.93. The first kappa shape index (κ1) is 18.6. The van der Waals surface area contributed by atoms with Crippen LogP contribution in [-0.4, -0.2) is 41.6 Å². The number of hydrogen-bond acceptors (Lipinski definition) is 2. The monoisotopic (exact) mass is 350 g/mol. The van der Waals surface area contributed by atoms with Crippen molar-refractivity contribution in [3.05, 3.63) is 35.8 Å². The number of fused-ring (bicyclic) bond motifs is 1. The van der Waals surface area contributed by atoms with Gasteiger partial charge in [-0.3, -0.25) is 4.99 Å². The molecule has 0 atom stereocenters. The van der Waals surface area contributed by atoms with Crippen molar-refractivity contribution in [3.63, 3.8) is 0 Å². The van der Waals surface area contributed by atoms with Crippen molar-refractivity contribution in [3.8, 4) is 0 Å². The maximum atomic E-state index is 13.2. The van der Waals surface area contributed by atoms with Crippen molar-refractivity contribution in [1.29, 1.82) is 0 Å². The first-order valence-electron chi connectivity index (χ1n) is 8.28. The van der Waals surface area contributed by atoms with E-state index in [1.807, 2.05) is 24.0 Å². The highest BCUT2D eigenvalue weighted by atomic mass is 32.2. The lowest BCUT2D eigenvalue weighted by atomic mass is 10.1. The number of hydrogen-bond donors (Lipinski definition) is 3. The van der Waals surface area contributed by atoms with Gasteiger partial charge in [-0.2, -0.15) is 11.8 Å². The van der Waals surface area contributed by atoms with Gasteiger partial charge in [0.25, 0.3) is 0 Å². The van der Waals surface area contributed by atoms with Crippen LogP contribution in [0.25, 0.3) is 10.9 Å². The molecule has 0 unspecified atom stereocenters. The molecule has 1 aromatic carbocycles. The maximum Gasteiger partial charge on any atom is 0.191 e. The minimum absolute atomic E-state index is 0.128. The third kappa shape index (κ3) is 5.16. The first-order chi connectivity index (χ1) is 11.4. The molecule has 0 radical (unpaired) electrons. The average Bonchev–Trinajstić information content (AvgIpc) is 2.95. The van der Waals surface area contributed by atoms with E-state index in [4.69, 9.17) is 0 Å². The molecule has 0 fully saturated rings. The Balaban J connectivity index is 1.95. The van der Waals surface area contributed by atoms with Crippen molar-refractivity contribution in [2.75, 3.05) is 25.9 Å². The van der Waals surface area contributed by atoms with Crippen molar-refractivity contribution in [1.82, 2.24) is 15.6 Å². The molecule has 4 nitrogen and oxygen atoms in total. The van der Waals surface area contributed by atoms with Crippen LogP contribution in [0.3, 0.4) is 0 Å². The number of aromatic nitrogens is 1. The van der Waals surface area contributed by atoms with Gasteiger partial charge in [-0.05, 0) is 57.2 Å². The standard InChI is InChI=1S/C18H27FN4S/c1-5-20-17(23-12-18(2,3)24-4)21-9-8-13-11-22-16-10-14(19)6-7-15(13)16/h6-7,10-11,22H,5,8-9,12H2,1-4H3,(H2,20,21,23). The lowest BCUT2D eigenvalue weighted by molar-refractivity contribution is 0.629. The van der Waals surface area contributed by atoms with Crippen LogP contribution >= 0.6 is 11.8 Å². The molecule has 3 N–H and O–H groups in total. The van der Waals surface area contributed by atoms with E-state index in [1.165, 1.54) is 17.7 Å². The summed E-state index contributed by atoms with van der Waals surface area (Å²) in [6.45, 7) is 8.81. The van der Waals surface area contributed by atoms with Crippen molar-refractivity contribution in [2.24, 2.45) is 4.99 Å². The molecule has 0 saturated carbocycles. The van der Waals surface area contributed by atoms with Gasteiger partial charge in [0.15, 0.2) is 5.96 Å². The Hall–Kier alpha value is -1.69. The Kier molecular flexibility index (Phi) is 6.54. The van der Waals surface area contributed by atoms with Gasteiger partial charge in [-0.25, -0.2) is 4.39 Å². The molecule has 6 heteroatoms. The molecule has 0 aliphatic rings. The second kappa shape index (κ2) is 8.42. The van der Waals surface area contributed by atoms with Gasteiger partial charge >= 0.3 is 0 Å². The summed E-state index contributed by atoms with van der Waals surface area (Å²) in [6, 6.07) is 4.86. The largest absolute Gasteiger partial charge is 0.361 e. The van der Waals surface area contributed by atoms with E-state index < -0.39 is 0 Å². The van der Waals surface area contributed by atoms with Crippen LogP contribution < -0.4 is 10.6 Å². The van der Waals surface area contributed by atoms with Crippen LogP contribution in [0.2, 0.25) is 0 Å². The second-order valence-corrected chi connectivity index (χ2v) is 7.85. The van der Waals surface area contributed by atoms with Gasteiger partial charge in [-0.15, -0.1) is 0 Å². The smallest absolute Gasteiger partial charge is 0.191 e. The normalized spacial score (nSPS) is 12.6. The highest BCUT2D eigenvalue weighted by Crippen LogP contribution is 2.21. The Morgan fingerprint density at radius 2 is 2.12 bits per heavy atom. The predicted molar refractivity (Wildman–Crippen MR) is 104 cm³/mol. The summed E-state index contributed by atoms with van der Waals surface area (Å²) in [5, 5.41) is 7.72. The van der Waals surface area contributed by atoms with Gasteiger partial charge in [0.2, 0.25) is 0 Å². The second-order valence-electron chi connectivity index (χ2n) is 6.34. The number of H-pyrrole nitrogens is 1. The maximum absolute atomic E-state index is 13.2. The average molecular weight is 351 g/mol. The molecular weight excluding hydrogens is 323 g/mol. The van der Waals surface area contributed by atoms with Crippen molar-refractivity contribution >= 4 is 28.6 Å². The molecule has 0 bridgehead atoms. The van der Waals surface area contributed by atoms with Crippen molar-refractivity contribution < 1.29 is 4.39 Å². The van der Waals surface area contributed by atoms with Gasteiger partial charge in [0.05, 0.1) is 6.54 Å². The summed E-state index contributed by atoms with van der Waals surface area (Å²) in [7, 11) is 0. The zero-order chi connectivity index (χ0) is 17.6. The fraction of sp³-hybridized carbons (Fsp3) is 0.500. The summed E-state index contributed by atoms with van der Waals surface area (Å²) in [4.78, 5) is 7.79. The minimum atomic E-state index is -0.216. The van der Waals surface area contributed by atoms with E-state index in [-0.39, 0.29) is 10.6 Å². The molecule has 24 heavy (non-hydrogen) atoms. The molecule has 0 spiro atoms. The third-order valence-corrected chi connectivity index (χ3v) is 5.17. The lowest BCUT2D eigenvalue weighted by Gasteiger charge is -2.20. The van der Waals surface area contributed by atoms with Gasteiger partial charge < -0.3 is 15.6 Å². The fourth-order valence-electron chi connectivity index (χ4n) is 2.36. The molecule has 1 aromatic heterocycles. The topological polar surface area (TPSA) is 52.2 Å². The number of nitrogens with one attached hydrogen (secondary N) is 3. The van der Waals surface area contributed by atoms with Gasteiger partial charge in [-0.1, -0.05) is 0 Å². The summed E-state index contributed by atoms with van der Waals surface area (Å²) in [5.41, 5.74) is 2.02. The SMILES string of the molecule is CCNC(=NCC(C)(C)SC)NCCc1c[nH]c2cc(F)ccc12. The van der Waals surface area contributed by atoms with Crippen LogP contribution in [-0.2, 0) is 6.42 Å². The Labute approximate surface area is 147 Å². The zero-order valence-corrected chi connectivity index (χ0v) is 15.7. The molecule has 1 heterocycles. The Morgan fingerprint density at radius 3 is 2.83 bits per heavy atom. The van der Waals surface area contributed by atoms with E-state index in [2.05, 4.69) is 47.6 Å². The minimum Gasteiger partial charge on any atom is -0.361 e. The summed E-state index contributed by atoms with van der Waals surface area (Å²) in [5.74, 6) is 0.623. The van der Waals surface area contributed by atoms with E-state index in [9.17, 15) is 4.39 Å². The molecule has 2 rings (SSSR count). The Morgan fingerprint density at radius 1 is 1.33 bits per heavy atom. The number of nitrogens with zero attached hydrogens (tertiary/aromatic N) is 1. The molecule has 0 aliphatic carbocycles. The number of aromatic amines is 1. The molecule has 0 saturated heterocycles. The summed E-state index contributed by atoms with van der Waals surface area (Å²) >= 11 is 1.81. The van der Waals surface area contributed by atoms with Crippen LogP contribution in [0.4, 0.5) is 4.39 Å². The van der Waals surface area contributed by atoms with E-state index in [0.717, 1.165) is 42.9 Å². The quantitative estimate of drug-likeness (QED) is 0.529. The predicted octanol–water partition coefficient (Wildman–Crippen LogP) is 3.55. The van der Waals surface area contributed by atoms with E-state index >= 15 is 0 Å². The summed E-state index contributed by atoms with van der Waals surface area (Å²) < 4.78 is 13.4. The molecule has 0 aliphatic heterocycles. The number of rotatable bonds is 7. The molecule has 2 aromatic rings. The van der Waals surface area contributed by atoms with Gasteiger partial charge in [0, 0.05) is 34.9 Å². The first-order valence-corrected chi connectivity index (χ1v) is 9.50. The number of halogens is 1. The molecule has 132 valence electrons. The zero-order valence-electron chi connectivity index (χ0n) is 14.9. The van der Waals surface area contributed by atoms with Crippen molar-refractivity contribution in [2.45, 2.75) is 31.9 Å².